The van der Waals surface area contributed by atoms with E-state index in [0.717, 1.165) is 19.4 Å². The van der Waals surface area contributed by atoms with E-state index in [-0.39, 0.29) is 23.1 Å². The Morgan fingerprint density at radius 2 is 1.76 bits per heavy atom. The summed E-state index contributed by atoms with van der Waals surface area (Å²) in [7, 11) is 1.78. The topological polar surface area (TPSA) is 63.4 Å². The molecule has 100 valence electrons. The molecule has 0 heterocycles. The minimum Gasteiger partial charge on any atom is -0.346 e. The minimum atomic E-state index is -0.377. The van der Waals surface area contributed by atoms with Crippen LogP contribution < -0.4 is 5.73 Å². The van der Waals surface area contributed by atoms with E-state index in [9.17, 15) is 9.59 Å². The summed E-state index contributed by atoms with van der Waals surface area (Å²) in [5, 5.41) is 0. The van der Waals surface area contributed by atoms with Crippen LogP contribution >= 0.6 is 0 Å². The molecule has 1 atom stereocenters. The number of carbonyl (C=O) groups excluding carboxylic acids is 2. The molecule has 0 saturated heterocycles. The van der Waals surface area contributed by atoms with Crippen LogP contribution in [0.15, 0.2) is 0 Å². The van der Waals surface area contributed by atoms with Crippen LogP contribution in [0.1, 0.15) is 47.0 Å². The number of Topliss-reactive ketones (excluding diaryl/α,β-unsaturated/α-hetero) is 1. The van der Waals surface area contributed by atoms with Crippen molar-refractivity contribution in [3.8, 4) is 0 Å². The van der Waals surface area contributed by atoms with E-state index in [0.29, 0.717) is 6.42 Å². The molecule has 0 radical (unpaired) electrons. The second-order valence-corrected chi connectivity index (χ2v) is 5.66. The molecule has 0 saturated carbocycles. The maximum Gasteiger partial charge on any atom is 0.219 e. The minimum absolute atomic E-state index is 0.0695. The van der Waals surface area contributed by atoms with Gasteiger partial charge in [0.2, 0.25) is 5.91 Å². The fraction of sp³-hybridized carbons (Fsp3) is 0.846. The molecular formula is C13H26N2O2. The average molecular weight is 242 g/mol. The maximum atomic E-state index is 11.8. The Kier molecular flexibility index (Phi) is 6.39. The van der Waals surface area contributed by atoms with Gasteiger partial charge >= 0.3 is 0 Å². The molecule has 0 aliphatic rings. The monoisotopic (exact) mass is 242 g/mol. The number of hydrogen-bond acceptors (Lipinski definition) is 3. The number of hydrogen-bond donors (Lipinski definition) is 1. The number of nitrogens with two attached hydrogens (primary N) is 1. The number of rotatable bonds is 6. The van der Waals surface area contributed by atoms with Gasteiger partial charge in [0.05, 0.1) is 6.04 Å². The predicted octanol–water partition coefficient (Wildman–Crippen LogP) is 1.58. The molecule has 1 amide bonds. The summed E-state index contributed by atoms with van der Waals surface area (Å²) in [5.74, 6) is 0.178. The third-order valence-corrected chi connectivity index (χ3v) is 2.87. The van der Waals surface area contributed by atoms with Gasteiger partial charge in [-0.15, -0.1) is 0 Å². The van der Waals surface area contributed by atoms with Gasteiger partial charge in [-0.1, -0.05) is 20.8 Å². The number of ketones is 1. The summed E-state index contributed by atoms with van der Waals surface area (Å²) < 4.78 is 0. The Bertz CT molecular complexity index is 269. The normalized spacial score (nSPS) is 13.3. The number of carbonyl (C=O) groups is 2. The van der Waals surface area contributed by atoms with Crippen molar-refractivity contribution in [2.45, 2.75) is 53.0 Å². The van der Waals surface area contributed by atoms with E-state index in [1.165, 1.54) is 0 Å². The van der Waals surface area contributed by atoms with Crippen molar-refractivity contribution in [1.82, 2.24) is 4.90 Å². The summed E-state index contributed by atoms with van der Waals surface area (Å²) in [5.41, 5.74) is 5.48. The molecule has 2 N–H and O–H groups in total. The molecule has 0 rings (SSSR count). The second-order valence-electron chi connectivity index (χ2n) is 5.66. The molecule has 0 aliphatic carbocycles. The van der Waals surface area contributed by atoms with Gasteiger partial charge in [0.15, 0.2) is 5.78 Å². The first-order valence-electron chi connectivity index (χ1n) is 6.18. The van der Waals surface area contributed by atoms with Gasteiger partial charge in [0.25, 0.3) is 0 Å². The Labute approximate surface area is 105 Å². The number of nitrogens with zero attached hydrogens (tertiary/aromatic N) is 1. The van der Waals surface area contributed by atoms with Crippen LogP contribution in [0.2, 0.25) is 0 Å². The third-order valence-electron chi connectivity index (χ3n) is 2.87. The van der Waals surface area contributed by atoms with E-state index < -0.39 is 0 Å². The van der Waals surface area contributed by atoms with E-state index >= 15 is 0 Å². The van der Waals surface area contributed by atoms with Gasteiger partial charge in [-0.05, 0) is 19.3 Å². The molecule has 4 heteroatoms. The maximum absolute atomic E-state index is 11.8. The van der Waals surface area contributed by atoms with Crippen LogP contribution in [0.5, 0.6) is 0 Å². The van der Waals surface area contributed by atoms with Crippen LogP contribution in [-0.2, 0) is 9.59 Å². The quantitative estimate of drug-likeness (QED) is 0.719. The average Bonchev–Trinajstić information content (AvgIpc) is 2.20. The van der Waals surface area contributed by atoms with Gasteiger partial charge in [-0.3, -0.25) is 9.59 Å². The van der Waals surface area contributed by atoms with E-state index in [4.69, 9.17) is 5.73 Å². The fourth-order valence-corrected chi connectivity index (χ4v) is 1.56. The lowest BCUT2D eigenvalue weighted by Gasteiger charge is -2.22. The second kappa shape index (κ2) is 6.74. The van der Waals surface area contributed by atoms with Crippen molar-refractivity contribution >= 4 is 11.7 Å². The molecular weight excluding hydrogens is 216 g/mol. The Morgan fingerprint density at radius 1 is 1.24 bits per heavy atom. The Morgan fingerprint density at radius 3 is 2.18 bits per heavy atom. The molecule has 0 aromatic carbocycles. The predicted molar refractivity (Wildman–Crippen MR) is 69.6 cm³/mol. The largest absolute Gasteiger partial charge is 0.346 e. The van der Waals surface area contributed by atoms with Gasteiger partial charge in [-0.25, -0.2) is 0 Å². The summed E-state index contributed by atoms with van der Waals surface area (Å²) >= 11 is 0. The lowest BCUT2D eigenvalue weighted by molar-refractivity contribution is -0.128. The number of unbranched alkanes of at least 4 members (excludes halogenated alkanes) is 1. The Balaban J connectivity index is 3.83. The van der Waals surface area contributed by atoms with E-state index in [2.05, 4.69) is 0 Å². The van der Waals surface area contributed by atoms with Crippen LogP contribution in [-0.4, -0.2) is 36.2 Å². The van der Waals surface area contributed by atoms with Gasteiger partial charge in [0.1, 0.15) is 0 Å². The molecule has 0 bridgehead atoms. The van der Waals surface area contributed by atoms with Gasteiger partial charge in [-0.2, -0.15) is 0 Å². The molecule has 17 heavy (non-hydrogen) atoms. The molecule has 0 aromatic rings. The smallest absolute Gasteiger partial charge is 0.219 e. The van der Waals surface area contributed by atoms with E-state index in [1.807, 2.05) is 20.8 Å². The highest BCUT2D eigenvalue weighted by Gasteiger charge is 2.26. The van der Waals surface area contributed by atoms with Crippen LogP contribution in [0, 0.1) is 5.41 Å². The first-order chi connectivity index (χ1) is 7.66. The van der Waals surface area contributed by atoms with Crippen LogP contribution in [0.3, 0.4) is 0 Å². The van der Waals surface area contributed by atoms with Crippen molar-refractivity contribution in [2.24, 2.45) is 11.1 Å². The summed E-state index contributed by atoms with van der Waals surface area (Å²) in [6, 6.07) is -0.377. The fourth-order valence-electron chi connectivity index (χ4n) is 1.56. The number of amides is 1. The van der Waals surface area contributed by atoms with Crippen molar-refractivity contribution in [2.75, 3.05) is 13.6 Å². The first kappa shape index (κ1) is 16.1. The molecule has 0 fully saturated rings. The molecule has 0 spiro atoms. The summed E-state index contributed by atoms with van der Waals surface area (Å²) in [6.07, 6.45) is 2.46. The molecule has 1 unspecified atom stereocenters. The SMILES string of the molecule is CC(=O)N(C)CCCCC(N)C(=O)C(C)(C)C. The van der Waals surface area contributed by atoms with Crippen LogP contribution in [0.25, 0.3) is 0 Å². The standard InChI is InChI=1S/C13H26N2O2/c1-10(16)15(5)9-7-6-8-11(14)12(17)13(2,3)4/h11H,6-9,14H2,1-5H3. The lowest BCUT2D eigenvalue weighted by Crippen LogP contribution is -2.38. The van der Waals surface area contributed by atoms with Crippen LogP contribution in [0.4, 0.5) is 0 Å². The zero-order chi connectivity index (χ0) is 13.6. The highest BCUT2D eigenvalue weighted by Crippen LogP contribution is 2.18. The van der Waals surface area contributed by atoms with E-state index in [1.54, 1.807) is 18.9 Å². The molecule has 4 nitrogen and oxygen atoms in total. The molecule has 0 aliphatic heterocycles. The molecule has 0 aromatic heterocycles. The van der Waals surface area contributed by atoms with Crippen molar-refractivity contribution in [1.29, 1.82) is 0 Å². The summed E-state index contributed by atoms with van der Waals surface area (Å²) in [4.78, 5) is 24.4. The van der Waals surface area contributed by atoms with Gasteiger partial charge in [0, 0.05) is 25.9 Å². The zero-order valence-corrected chi connectivity index (χ0v) is 11.7. The Hall–Kier alpha value is -0.900. The van der Waals surface area contributed by atoms with Crippen molar-refractivity contribution < 1.29 is 9.59 Å². The summed E-state index contributed by atoms with van der Waals surface area (Å²) in [6.45, 7) is 7.94. The van der Waals surface area contributed by atoms with Crippen molar-refractivity contribution in [3.63, 3.8) is 0 Å². The van der Waals surface area contributed by atoms with Gasteiger partial charge < -0.3 is 10.6 Å². The third kappa shape index (κ3) is 6.41. The highest BCUT2D eigenvalue weighted by molar-refractivity contribution is 5.88. The lowest BCUT2D eigenvalue weighted by atomic mass is 9.85. The van der Waals surface area contributed by atoms with Crippen molar-refractivity contribution in [3.05, 3.63) is 0 Å². The highest BCUT2D eigenvalue weighted by atomic mass is 16.2. The first-order valence-corrected chi connectivity index (χ1v) is 6.18. The zero-order valence-electron chi connectivity index (χ0n) is 11.7.